The lowest BCUT2D eigenvalue weighted by molar-refractivity contribution is 1.03. The fourth-order valence-corrected chi connectivity index (χ4v) is 1.97. The molecule has 0 saturated carbocycles. The lowest BCUT2D eigenvalue weighted by Crippen LogP contribution is -2.25. The smallest absolute Gasteiger partial charge is 0.184 e. The highest BCUT2D eigenvalue weighted by Gasteiger charge is 2.07. The number of thiazole rings is 1. The number of nitrogens with one attached hydrogen (secondary N) is 1. The van der Waals surface area contributed by atoms with Crippen molar-refractivity contribution in [1.82, 2.24) is 10.4 Å². The Balaban J connectivity index is 2.88. The minimum atomic E-state index is 0.170. The third kappa shape index (κ3) is 2.74. The Morgan fingerprint density at radius 3 is 2.64 bits per heavy atom. The van der Waals surface area contributed by atoms with E-state index in [1.54, 1.807) is 11.3 Å². The molecule has 0 aliphatic carbocycles. The molecular weight excluding hydrogens is 216 g/mol. The van der Waals surface area contributed by atoms with Crippen LogP contribution >= 0.6 is 23.6 Å². The molecular formula is C8H12N4S2. The number of hydrazone groups is 1. The van der Waals surface area contributed by atoms with E-state index >= 15 is 0 Å². The molecule has 0 unspecified atom stereocenters. The van der Waals surface area contributed by atoms with Crippen molar-refractivity contribution in [2.45, 2.75) is 20.8 Å². The minimum Gasteiger partial charge on any atom is -0.375 e. The van der Waals surface area contributed by atoms with Crippen LogP contribution in [0.3, 0.4) is 0 Å². The molecule has 1 aromatic heterocycles. The summed E-state index contributed by atoms with van der Waals surface area (Å²) in [4.78, 5) is 5.37. The Bertz CT molecular complexity index is 381. The Morgan fingerprint density at radius 2 is 2.21 bits per heavy atom. The van der Waals surface area contributed by atoms with Crippen LogP contribution in [0.25, 0.3) is 0 Å². The zero-order chi connectivity index (χ0) is 10.7. The molecule has 0 radical (unpaired) electrons. The quantitative estimate of drug-likeness (QED) is 0.455. The van der Waals surface area contributed by atoms with Crippen molar-refractivity contribution in [3.8, 4) is 0 Å². The first-order valence-electron chi connectivity index (χ1n) is 4.05. The van der Waals surface area contributed by atoms with Crippen LogP contribution in [0.1, 0.15) is 22.5 Å². The maximum atomic E-state index is 5.26. The molecule has 0 spiro atoms. The van der Waals surface area contributed by atoms with Gasteiger partial charge in [0.25, 0.3) is 0 Å². The van der Waals surface area contributed by atoms with Gasteiger partial charge in [-0.1, -0.05) is 0 Å². The monoisotopic (exact) mass is 228 g/mol. The molecule has 3 N–H and O–H groups in total. The van der Waals surface area contributed by atoms with Crippen LogP contribution in [-0.4, -0.2) is 15.8 Å². The van der Waals surface area contributed by atoms with Gasteiger partial charge >= 0.3 is 0 Å². The van der Waals surface area contributed by atoms with Gasteiger partial charge in [0.2, 0.25) is 0 Å². The molecule has 1 heterocycles. The molecule has 4 nitrogen and oxygen atoms in total. The first-order valence-corrected chi connectivity index (χ1v) is 5.27. The molecule has 0 amide bonds. The van der Waals surface area contributed by atoms with Gasteiger partial charge in [0.1, 0.15) is 0 Å². The van der Waals surface area contributed by atoms with Gasteiger partial charge in [0.15, 0.2) is 5.11 Å². The first kappa shape index (κ1) is 11.1. The molecule has 1 rings (SSSR count). The van der Waals surface area contributed by atoms with E-state index in [-0.39, 0.29) is 5.11 Å². The van der Waals surface area contributed by atoms with Crippen LogP contribution in [0, 0.1) is 13.8 Å². The van der Waals surface area contributed by atoms with Crippen LogP contribution in [0.4, 0.5) is 0 Å². The van der Waals surface area contributed by atoms with Crippen molar-refractivity contribution in [2.75, 3.05) is 0 Å². The second kappa shape index (κ2) is 4.47. The summed E-state index contributed by atoms with van der Waals surface area (Å²) in [5.41, 5.74) is 9.65. The van der Waals surface area contributed by atoms with Crippen molar-refractivity contribution in [2.24, 2.45) is 10.8 Å². The van der Waals surface area contributed by atoms with Crippen LogP contribution in [0.5, 0.6) is 0 Å². The summed E-state index contributed by atoms with van der Waals surface area (Å²) in [6.45, 7) is 5.82. The Kier molecular flexibility index (Phi) is 3.54. The lowest BCUT2D eigenvalue weighted by atomic mass is 10.3. The van der Waals surface area contributed by atoms with E-state index in [0.29, 0.717) is 0 Å². The van der Waals surface area contributed by atoms with Crippen LogP contribution in [0.2, 0.25) is 0 Å². The number of thiocarbonyl (C=S) groups is 1. The SMILES string of the molecule is C/C(=N\NC(N)=S)c1sc(C)nc1C. The summed E-state index contributed by atoms with van der Waals surface area (Å²) in [7, 11) is 0. The van der Waals surface area contributed by atoms with E-state index in [1.807, 2.05) is 20.8 Å². The van der Waals surface area contributed by atoms with E-state index in [9.17, 15) is 0 Å². The van der Waals surface area contributed by atoms with Gasteiger partial charge in [-0.05, 0) is 33.0 Å². The van der Waals surface area contributed by atoms with Crippen LogP contribution in [-0.2, 0) is 0 Å². The van der Waals surface area contributed by atoms with Gasteiger partial charge in [-0.25, -0.2) is 4.98 Å². The lowest BCUT2D eigenvalue weighted by Gasteiger charge is -1.98. The minimum absolute atomic E-state index is 0.170. The van der Waals surface area contributed by atoms with Gasteiger partial charge in [-0.2, -0.15) is 5.10 Å². The second-order valence-corrected chi connectivity index (χ2v) is 4.46. The second-order valence-electron chi connectivity index (χ2n) is 2.82. The van der Waals surface area contributed by atoms with Crippen molar-refractivity contribution >= 4 is 34.4 Å². The number of aryl methyl sites for hydroxylation is 2. The summed E-state index contributed by atoms with van der Waals surface area (Å²) in [6, 6.07) is 0. The summed E-state index contributed by atoms with van der Waals surface area (Å²) >= 11 is 6.26. The molecule has 0 aliphatic rings. The van der Waals surface area contributed by atoms with Crippen molar-refractivity contribution in [3.05, 3.63) is 15.6 Å². The van der Waals surface area contributed by atoms with E-state index in [2.05, 4.69) is 27.7 Å². The molecule has 0 saturated heterocycles. The Labute approximate surface area is 92.2 Å². The van der Waals surface area contributed by atoms with Crippen LogP contribution < -0.4 is 11.2 Å². The maximum Gasteiger partial charge on any atom is 0.184 e. The van der Waals surface area contributed by atoms with E-state index < -0.39 is 0 Å². The number of aromatic nitrogens is 1. The summed E-state index contributed by atoms with van der Waals surface area (Å²) in [5.74, 6) is 0. The summed E-state index contributed by atoms with van der Waals surface area (Å²) in [6.07, 6.45) is 0. The highest BCUT2D eigenvalue weighted by atomic mass is 32.1. The fourth-order valence-electron chi connectivity index (χ4n) is 1.06. The standard InChI is InChI=1S/C8H12N4S2/c1-4-7(14-6(3)10-4)5(2)11-12-8(9)13/h1-3H3,(H3,9,12,13)/b11-5+. The molecule has 0 bridgehead atoms. The Hall–Kier alpha value is -1.01. The molecule has 0 atom stereocenters. The number of nitrogens with zero attached hydrogens (tertiary/aromatic N) is 2. The topological polar surface area (TPSA) is 63.3 Å². The summed E-state index contributed by atoms with van der Waals surface area (Å²) in [5, 5.41) is 5.24. The van der Waals surface area contributed by atoms with Gasteiger partial charge in [-0.15, -0.1) is 11.3 Å². The van der Waals surface area contributed by atoms with Gasteiger partial charge in [0.05, 0.1) is 21.3 Å². The van der Waals surface area contributed by atoms with Gasteiger partial charge in [-0.3, -0.25) is 5.43 Å². The zero-order valence-electron chi connectivity index (χ0n) is 8.29. The molecule has 14 heavy (non-hydrogen) atoms. The highest BCUT2D eigenvalue weighted by molar-refractivity contribution is 7.80. The van der Waals surface area contributed by atoms with E-state index in [0.717, 1.165) is 21.3 Å². The summed E-state index contributed by atoms with van der Waals surface area (Å²) < 4.78 is 0. The predicted octanol–water partition coefficient (Wildman–Crippen LogP) is 1.32. The number of hydrogen-bond donors (Lipinski definition) is 2. The maximum absolute atomic E-state index is 5.26. The molecule has 6 heteroatoms. The molecule has 76 valence electrons. The van der Waals surface area contributed by atoms with Crippen molar-refractivity contribution < 1.29 is 0 Å². The van der Waals surface area contributed by atoms with E-state index in [1.165, 1.54) is 0 Å². The average molecular weight is 228 g/mol. The van der Waals surface area contributed by atoms with Crippen molar-refractivity contribution in [1.29, 1.82) is 0 Å². The molecule has 0 aliphatic heterocycles. The van der Waals surface area contributed by atoms with Crippen molar-refractivity contribution in [3.63, 3.8) is 0 Å². The number of hydrogen-bond acceptors (Lipinski definition) is 4. The normalized spacial score (nSPS) is 11.5. The number of rotatable bonds is 2. The predicted molar refractivity (Wildman–Crippen MR) is 63.7 cm³/mol. The highest BCUT2D eigenvalue weighted by Crippen LogP contribution is 2.17. The fraction of sp³-hybridized carbons (Fsp3) is 0.375. The first-order chi connectivity index (χ1) is 6.50. The largest absolute Gasteiger partial charge is 0.375 e. The van der Waals surface area contributed by atoms with E-state index in [4.69, 9.17) is 5.73 Å². The zero-order valence-corrected chi connectivity index (χ0v) is 9.92. The molecule has 0 aromatic carbocycles. The van der Waals surface area contributed by atoms with Crippen LogP contribution in [0.15, 0.2) is 5.10 Å². The van der Waals surface area contributed by atoms with Gasteiger partial charge in [0, 0.05) is 0 Å². The Morgan fingerprint density at radius 1 is 1.57 bits per heavy atom. The third-order valence-electron chi connectivity index (χ3n) is 1.57. The molecule has 1 aromatic rings. The number of nitrogens with two attached hydrogens (primary N) is 1. The third-order valence-corrected chi connectivity index (χ3v) is 2.84. The molecule has 0 fully saturated rings. The van der Waals surface area contributed by atoms with Gasteiger partial charge < -0.3 is 5.73 Å². The average Bonchev–Trinajstić information content (AvgIpc) is 2.41.